The largest absolute Gasteiger partial charge is 0.271 e. The zero-order chi connectivity index (χ0) is 28.9. The highest BCUT2D eigenvalue weighted by Gasteiger charge is 2.35. The van der Waals surface area contributed by atoms with E-state index in [-0.39, 0.29) is 17.7 Å². The van der Waals surface area contributed by atoms with Crippen LogP contribution in [0.25, 0.3) is 23.0 Å². The summed E-state index contributed by atoms with van der Waals surface area (Å²) in [4.78, 5) is 29.1. The Labute approximate surface area is 242 Å². The Hall–Kier alpha value is -4.74. The Morgan fingerprint density at radius 1 is 0.976 bits per heavy atom. The van der Waals surface area contributed by atoms with E-state index in [1.165, 1.54) is 24.3 Å². The first-order chi connectivity index (χ1) is 19.9. The molecule has 0 atom stereocenters. The second-order valence-corrected chi connectivity index (χ2v) is 10.7. The van der Waals surface area contributed by atoms with Gasteiger partial charge in [0.15, 0.2) is 0 Å². The minimum Gasteiger partial charge on any atom is -0.269 e. The number of rotatable bonds is 8. The zero-order valence-corrected chi connectivity index (χ0v) is 23.5. The van der Waals surface area contributed by atoms with Crippen LogP contribution in [0.15, 0.2) is 107 Å². The summed E-state index contributed by atoms with van der Waals surface area (Å²) < 4.78 is 15.2. The summed E-state index contributed by atoms with van der Waals surface area (Å²) in [6.07, 6.45) is 4.61. The molecule has 204 valence electrons. The van der Waals surface area contributed by atoms with E-state index in [4.69, 9.17) is 5.10 Å². The fourth-order valence-electron chi connectivity index (χ4n) is 4.56. The first kappa shape index (κ1) is 27.8. The predicted octanol–water partition coefficient (Wildman–Crippen LogP) is 6.97. The third-order valence-electron chi connectivity index (χ3n) is 6.74. The molecule has 1 aliphatic rings. The molecule has 0 radical (unpaired) electrons. The second kappa shape index (κ2) is 12.2. The normalized spacial score (nSPS) is 14.6. The van der Waals surface area contributed by atoms with Crippen molar-refractivity contribution >= 4 is 29.7 Å². The van der Waals surface area contributed by atoms with Crippen molar-refractivity contribution in [2.24, 2.45) is 0 Å². The zero-order valence-electron chi connectivity index (χ0n) is 22.7. The van der Waals surface area contributed by atoms with E-state index in [0.29, 0.717) is 22.4 Å². The molecule has 1 aliphatic heterocycles. The molecule has 8 heteroatoms. The van der Waals surface area contributed by atoms with E-state index in [9.17, 15) is 19.2 Å². The highest BCUT2D eigenvalue weighted by molar-refractivity contribution is 7.99. The molecule has 0 unspecified atom stereocenters. The Balaban J connectivity index is 1.60. The van der Waals surface area contributed by atoms with Crippen LogP contribution in [0.5, 0.6) is 0 Å². The minimum absolute atomic E-state index is 0.0826. The highest BCUT2D eigenvalue weighted by Crippen LogP contribution is 2.32. The molecule has 0 spiro atoms. The summed E-state index contributed by atoms with van der Waals surface area (Å²) >= 11 is 1.79. The molecule has 0 saturated carbocycles. The van der Waals surface area contributed by atoms with E-state index >= 15 is 0 Å². The van der Waals surface area contributed by atoms with Crippen LogP contribution in [0.4, 0.5) is 4.39 Å². The van der Waals surface area contributed by atoms with Gasteiger partial charge in [-0.1, -0.05) is 49.4 Å². The Morgan fingerprint density at radius 2 is 1.68 bits per heavy atom. The number of hydrogen-bond acceptors (Lipinski definition) is 5. The molecule has 0 N–H and O–H groups in total. The number of imide groups is 1. The van der Waals surface area contributed by atoms with Crippen molar-refractivity contribution in [3.63, 3.8) is 0 Å². The summed E-state index contributed by atoms with van der Waals surface area (Å²) in [6.45, 7) is 3.67. The van der Waals surface area contributed by atoms with Crippen molar-refractivity contribution in [2.75, 3.05) is 5.75 Å². The summed E-state index contributed by atoms with van der Waals surface area (Å²) in [5.41, 5.74) is 4.05. The van der Waals surface area contributed by atoms with E-state index in [1.54, 1.807) is 29.4 Å². The van der Waals surface area contributed by atoms with Crippen LogP contribution in [-0.2, 0) is 16.1 Å². The van der Waals surface area contributed by atoms with Crippen LogP contribution in [-0.4, -0.2) is 32.2 Å². The third kappa shape index (κ3) is 5.91. The van der Waals surface area contributed by atoms with Gasteiger partial charge in [0.05, 0.1) is 17.9 Å². The average molecular weight is 563 g/mol. The van der Waals surface area contributed by atoms with Crippen LogP contribution in [0.1, 0.15) is 31.4 Å². The number of carbonyl (C=O) groups excluding carboxylic acids is 2. The molecule has 6 nitrogen and oxygen atoms in total. The number of halogens is 1. The summed E-state index contributed by atoms with van der Waals surface area (Å²) in [7, 11) is 0. The number of hydrogen-bond donors (Lipinski definition) is 0. The molecule has 3 aromatic carbocycles. The van der Waals surface area contributed by atoms with Gasteiger partial charge in [0.1, 0.15) is 17.5 Å². The third-order valence-corrected chi connectivity index (χ3v) is 7.96. The fourth-order valence-corrected chi connectivity index (χ4v) is 5.33. The summed E-state index contributed by atoms with van der Waals surface area (Å²) in [6, 6.07) is 25.3. The Kier molecular flexibility index (Phi) is 8.27. The number of thioether (sulfide) groups is 1. The lowest BCUT2D eigenvalue weighted by Crippen LogP contribution is -2.42. The van der Waals surface area contributed by atoms with Crippen molar-refractivity contribution in [3.05, 3.63) is 119 Å². The quantitative estimate of drug-likeness (QED) is 0.132. The van der Waals surface area contributed by atoms with E-state index in [1.807, 2.05) is 54.7 Å². The number of benzene rings is 3. The molecule has 1 aromatic heterocycles. The first-order valence-electron chi connectivity index (χ1n) is 13.2. The van der Waals surface area contributed by atoms with Gasteiger partial charge < -0.3 is 0 Å². The van der Waals surface area contributed by atoms with Gasteiger partial charge in [0.2, 0.25) is 0 Å². The monoisotopic (exact) mass is 562 g/mol. The van der Waals surface area contributed by atoms with Gasteiger partial charge in [-0.15, -0.1) is 11.8 Å². The lowest BCUT2D eigenvalue weighted by atomic mass is 9.93. The van der Waals surface area contributed by atoms with Crippen LogP contribution >= 0.6 is 11.8 Å². The lowest BCUT2D eigenvalue weighted by Gasteiger charge is -2.27. The van der Waals surface area contributed by atoms with Gasteiger partial charge in [-0.05, 0) is 72.7 Å². The van der Waals surface area contributed by atoms with Gasteiger partial charge in [0, 0.05) is 27.8 Å². The van der Waals surface area contributed by atoms with Crippen molar-refractivity contribution in [1.29, 1.82) is 5.26 Å². The topological polar surface area (TPSA) is 79.0 Å². The molecule has 2 heterocycles. The maximum Gasteiger partial charge on any atom is 0.271 e. The van der Waals surface area contributed by atoms with Gasteiger partial charge in [-0.25, -0.2) is 9.07 Å². The maximum absolute atomic E-state index is 13.7. The van der Waals surface area contributed by atoms with Crippen molar-refractivity contribution in [3.8, 4) is 23.0 Å². The maximum atomic E-state index is 13.7. The van der Waals surface area contributed by atoms with E-state index < -0.39 is 17.6 Å². The lowest BCUT2D eigenvalue weighted by molar-refractivity contribution is -0.141. The first-order valence-corrected chi connectivity index (χ1v) is 14.2. The number of amides is 2. The fraction of sp³-hybridized carbons (Fsp3) is 0.152. The molecule has 4 aromatic rings. The minimum atomic E-state index is -0.670. The second-order valence-electron chi connectivity index (χ2n) is 9.58. The van der Waals surface area contributed by atoms with Gasteiger partial charge in [0.25, 0.3) is 11.8 Å². The number of nitrogens with zero attached hydrogens (tertiary/aromatic N) is 4. The van der Waals surface area contributed by atoms with Crippen molar-refractivity contribution < 1.29 is 14.0 Å². The van der Waals surface area contributed by atoms with Gasteiger partial charge >= 0.3 is 0 Å². The molecular formula is C33H27FN4O2S. The van der Waals surface area contributed by atoms with Crippen molar-refractivity contribution in [1.82, 2.24) is 14.7 Å². The Bertz CT molecular complexity index is 1700. The molecule has 0 aliphatic carbocycles. The molecular weight excluding hydrogens is 535 g/mol. The summed E-state index contributed by atoms with van der Waals surface area (Å²) in [5, 5.41) is 14.7. The molecule has 41 heavy (non-hydrogen) atoms. The van der Waals surface area contributed by atoms with E-state index in [2.05, 4.69) is 19.1 Å². The van der Waals surface area contributed by atoms with Crippen LogP contribution in [0, 0.1) is 17.1 Å². The predicted molar refractivity (Wildman–Crippen MR) is 158 cm³/mol. The van der Waals surface area contributed by atoms with Crippen LogP contribution in [0.3, 0.4) is 0 Å². The number of nitriles is 1. The molecule has 0 fully saturated rings. The van der Waals surface area contributed by atoms with Gasteiger partial charge in [-0.2, -0.15) is 10.4 Å². The van der Waals surface area contributed by atoms with Crippen molar-refractivity contribution in [2.45, 2.75) is 31.7 Å². The smallest absolute Gasteiger partial charge is 0.269 e. The molecule has 0 saturated heterocycles. The molecule has 0 bridgehead atoms. The molecule has 2 amide bonds. The number of aromatic nitrogens is 2. The van der Waals surface area contributed by atoms with Crippen LogP contribution in [0.2, 0.25) is 0 Å². The molecule has 5 rings (SSSR count). The van der Waals surface area contributed by atoms with E-state index in [0.717, 1.165) is 33.2 Å². The van der Waals surface area contributed by atoms with Gasteiger partial charge in [-0.3, -0.25) is 14.5 Å². The number of carbonyl (C=O) groups is 2. The summed E-state index contributed by atoms with van der Waals surface area (Å²) in [5.74, 6) is -0.585. The number of para-hydroxylation sites is 1. The van der Waals surface area contributed by atoms with Crippen LogP contribution < -0.4 is 0 Å². The average Bonchev–Trinajstić information content (AvgIpc) is 3.42. The SMILES string of the molecule is CCCSc1ccc(-c2nn(-c3ccccc3)cc2/C=C2/C(=O)N(Cc3ccc(F)cc3)C(=O)C(C#N)=C2C)cc1. The standard InChI is InChI=1S/C33H27FN4O2S/c1-3-17-41-28-15-11-24(12-16-28)31-25(21-38(36-31)27-7-5-4-6-8-27)18-29-22(2)30(19-35)33(40)37(32(29)39)20-23-9-13-26(34)14-10-23/h4-16,18,21H,3,17,20H2,1-2H3/b29-18+. The highest BCUT2D eigenvalue weighted by atomic mass is 32.2. The Morgan fingerprint density at radius 3 is 2.34 bits per heavy atom.